The average Bonchev–Trinajstić information content (AvgIpc) is 2.78. The molecule has 3 unspecified atom stereocenters. The summed E-state index contributed by atoms with van der Waals surface area (Å²) in [6.07, 6.45) is -0.444. The predicted molar refractivity (Wildman–Crippen MR) is 113 cm³/mol. The van der Waals surface area contributed by atoms with Gasteiger partial charge in [-0.2, -0.15) is 0 Å². The molecular formula is C24H27NO5. The second kappa shape index (κ2) is 10.2. The molecular weight excluding hydrogens is 382 g/mol. The molecule has 1 aliphatic rings. The number of nitrogens with one attached hydrogen (secondary N) is 1. The second-order valence-electron chi connectivity index (χ2n) is 7.19. The van der Waals surface area contributed by atoms with Crippen LogP contribution in [0.5, 0.6) is 5.75 Å². The van der Waals surface area contributed by atoms with E-state index in [2.05, 4.69) is 11.9 Å². The van der Waals surface area contributed by atoms with Crippen LogP contribution >= 0.6 is 0 Å². The lowest BCUT2D eigenvalue weighted by Crippen LogP contribution is -2.57. The molecule has 2 aromatic carbocycles. The highest BCUT2D eigenvalue weighted by atomic mass is 16.7. The van der Waals surface area contributed by atoms with Crippen molar-refractivity contribution in [3.05, 3.63) is 77.9 Å². The zero-order chi connectivity index (χ0) is 21.5. The van der Waals surface area contributed by atoms with Gasteiger partial charge in [-0.3, -0.25) is 4.79 Å². The van der Waals surface area contributed by atoms with Gasteiger partial charge in [0.2, 0.25) is 6.29 Å². The molecule has 0 spiro atoms. The number of benzene rings is 2. The van der Waals surface area contributed by atoms with Gasteiger partial charge in [-0.1, -0.05) is 43.8 Å². The first-order valence-electron chi connectivity index (χ1n) is 10.1. The Morgan fingerprint density at radius 3 is 2.43 bits per heavy atom. The Hall–Kier alpha value is -2.96. The van der Waals surface area contributed by atoms with Gasteiger partial charge >= 0.3 is 5.97 Å². The molecule has 0 aromatic heterocycles. The molecule has 0 radical (unpaired) electrons. The van der Waals surface area contributed by atoms with Crippen LogP contribution in [0.3, 0.4) is 0 Å². The number of ether oxygens (including phenoxy) is 3. The van der Waals surface area contributed by atoms with E-state index in [9.17, 15) is 9.59 Å². The smallest absolute Gasteiger partial charge is 0.333 e. The monoisotopic (exact) mass is 409 g/mol. The lowest BCUT2D eigenvalue weighted by atomic mass is 10.0. The third kappa shape index (κ3) is 5.34. The number of carbonyl (C=O) groups excluding carboxylic acids is 2. The van der Waals surface area contributed by atoms with Crippen molar-refractivity contribution in [3.63, 3.8) is 0 Å². The maximum absolute atomic E-state index is 12.6. The summed E-state index contributed by atoms with van der Waals surface area (Å²) in [5.41, 5.74) is 1.56. The minimum Gasteiger partial charge on any atom is -0.463 e. The van der Waals surface area contributed by atoms with E-state index in [0.717, 1.165) is 0 Å². The Kier molecular flexibility index (Phi) is 7.38. The summed E-state index contributed by atoms with van der Waals surface area (Å²) in [5.74, 6) is 0.0875. The van der Waals surface area contributed by atoms with Crippen LogP contribution in [-0.4, -0.2) is 43.3 Å². The van der Waals surface area contributed by atoms with Gasteiger partial charge in [0.25, 0.3) is 0 Å². The lowest BCUT2D eigenvalue weighted by Gasteiger charge is -2.36. The molecule has 0 amide bonds. The van der Waals surface area contributed by atoms with Crippen LogP contribution in [-0.2, 0) is 14.3 Å². The Morgan fingerprint density at radius 1 is 1.13 bits per heavy atom. The van der Waals surface area contributed by atoms with Crippen molar-refractivity contribution in [2.24, 2.45) is 0 Å². The summed E-state index contributed by atoms with van der Waals surface area (Å²) in [6, 6.07) is 15.7. The Labute approximate surface area is 176 Å². The Morgan fingerprint density at radius 2 is 1.80 bits per heavy atom. The molecule has 1 heterocycles. The van der Waals surface area contributed by atoms with E-state index < -0.39 is 18.4 Å². The number of morpholine rings is 1. The van der Waals surface area contributed by atoms with Crippen LogP contribution in [0.4, 0.5) is 0 Å². The Bertz CT molecular complexity index is 878. The molecule has 0 aliphatic carbocycles. The molecule has 6 nitrogen and oxygen atoms in total. The minimum atomic E-state index is -0.628. The summed E-state index contributed by atoms with van der Waals surface area (Å²) in [4.78, 5) is 24.5. The van der Waals surface area contributed by atoms with Crippen LogP contribution in [0.15, 0.2) is 66.7 Å². The number of esters is 1. The molecule has 30 heavy (non-hydrogen) atoms. The van der Waals surface area contributed by atoms with Gasteiger partial charge in [-0.05, 0) is 37.6 Å². The van der Waals surface area contributed by atoms with Crippen molar-refractivity contribution < 1.29 is 23.8 Å². The SMILES string of the molecule is C=C(C)C(=O)OC(CC)C1NCCOC1Oc1ccc(C(=O)c2ccccc2)cc1. The summed E-state index contributed by atoms with van der Waals surface area (Å²) in [5, 5.41) is 3.32. The molecule has 1 N–H and O–H groups in total. The van der Waals surface area contributed by atoms with Crippen molar-refractivity contribution >= 4 is 11.8 Å². The number of ketones is 1. The van der Waals surface area contributed by atoms with E-state index in [1.807, 2.05) is 25.1 Å². The summed E-state index contributed by atoms with van der Waals surface area (Å²) in [6.45, 7) is 8.31. The van der Waals surface area contributed by atoms with Crippen LogP contribution in [0, 0.1) is 0 Å². The topological polar surface area (TPSA) is 73.9 Å². The van der Waals surface area contributed by atoms with Crippen LogP contribution in [0.2, 0.25) is 0 Å². The first kappa shape index (κ1) is 21.7. The maximum Gasteiger partial charge on any atom is 0.333 e. The summed E-state index contributed by atoms with van der Waals surface area (Å²) < 4.78 is 17.4. The molecule has 0 bridgehead atoms. The van der Waals surface area contributed by atoms with Gasteiger partial charge in [0, 0.05) is 23.2 Å². The van der Waals surface area contributed by atoms with Gasteiger partial charge in [-0.15, -0.1) is 0 Å². The summed E-state index contributed by atoms with van der Waals surface area (Å²) in [7, 11) is 0. The molecule has 3 atom stereocenters. The fourth-order valence-electron chi connectivity index (χ4n) is 3.24. The molecule has 1 saturated heterocycles. The van der Waals surface area contributed by atoms with Crippen molar-refractivity contribution in [2.45, 2.75) is 38.7 Å². The fraction of sp³-hybridized carbons (Fsp3) is 0.333. The first-order chi connectivity index (χ1) is 14.5. The average molecular weight is 409 g/mol. The van der Waals surface area contributed by atoms with Gasteiger partial charge in [-0.25, -0.2) is 4.79 Å². The summed E-state index contributed by atoms with van der Waals surface area (Å²) >= 11 is 0. The molecule has 2 aromatic rings. The zero-order valence-electron chi connectivity index (χ0n) is 17.3. The highest BCUT2D eigenvalue weighted by molar-refractivity contribution is 6.08. The molecule has 1 aliphatic heterocycles. The molecule has 6 heteroatoms. The number of rotatable bonds is 8. The third-order valence-corrected chi connectivity index (χ3v) is 4.87. The van der Waals surface area contributed by atoms with Crippen molar-refractivity contribution in [2.75, 3.05) is 13.2 Å². The van der Waals surface area contributed by atoms with E-state index in [4.69, 9.17) is 14.2 Å². The van der Waals surface area contributed by atoms with E-state index in [-0.39, 0.29) is 11.8 Å². The van der Waals surface area contributed by atoms with Crippen LogP contribution in [0.25, 0.3) is 0 Å². The molecule has 3 rings (SSSR count). The highest BCUT2D eigenvalue weighted by Crippen LogP contribution is 2.22. The highest BCUT2D eigenvalue weighted by Gasteiger charge is 2.36. The van der Waals surface area contributed by atoms with Crippen molar-refractivity contribution in [3.8, 4) is 5.75 Å². The van der Waals surface area contributed by atoms with Gasteiger partial charge in [0.1, 0.15) is 17.9 Å². The van der Waals surface area contributed by atoms with Gasteiger partial charge in [0.05, 0.1) is 6.61 Å². The van der Waals surface area contributed by atoms with E-state index in [0.29, 0.717) is 42.0 Å². The molecule has 0 saturated carbocycles. The van der Waals surface area contributed by atoms with Gasteiger partial charge < -0.3 is 19.5 Å². The molecule has 158 valence electrons. The number of carbonyl (C=O) groups is 2. The van der Waals surface area contributed by atoms with Crippen molar-refractivity contribution in [1.29, 1.82) is 0 Å². The number of hydrogen-bond donors (Lipinski definition) is 1. The zero-order valence-corrected chi connectivity index (χ0v) is 17.3. The normalized spacial score (nSPS) is 19.5. The second-order valence-corrected chi connectivity index (χ2v) is 7.19. The fourth-order valence-corrected chi connectivity index (χ4v) is 3.24. The quantitative estimate of drug-likeness (QED) is 0.409. The van der Waals surface area contributed by atoms with Crippen LogP contribution < -0.4 is 10.1 Å². The first-order valence-corrected chi connectivity index (χ1v) is 10.1. The van der Waals surface area contributed by atoms with E-state index >= 15 is 0 Å². The third-order valence-electron chi connectivity index (χ3n) is 4.87. The minimum absolute atomic E-state index is 0.0478. The Balaban J connectivity index is 1.69. The van der Waals surface area contributed by atoms with Gasteiger partial charge in [0.15, 0.2) is 5.78 Å². The molecule has 1 fully saturated rings. The maximum atomic E-state index is 12.6. The standard InChI is InChI=1S/C24H27NO5/c1-4-20(30-23(27)16(2)3)21-24(28-15-14-25-21)29-19-12-10-18(11-13-19)22(26)17-8-6-5-7-9-17/h5-13,20-21,24-25H,2,4,14-15H2,1,3H3. The van der Waals surface area contributed by atoms with Crippen LogP contribution in [0.1, 0.15) is 36.2 Å². The van der Waals surface area contributed by atoms with Crippen molar-refractivity contribution in [1.82, 2.24) is 5.32 Å². The lowest BCUT2D eigenvalue weighted by molar-refractivity contribution is -0.167. The predicted octanol–water partition coefficient (Wildman–Crippen LogP) is 3.51. The van der Waals surface area contributed by atoms with E-state index in [1.165, 1.54) is 0 Å². The van der Waals surface area contributed by atoms with E-state index in [1.54, 1.807) is 43.3 Å². The number of hydrogen-bond acceptors (Lipinski definition) is 6. The largest absolute Gasteiger partial charge is 0.463 e.